The van der Waals surface area contributed by atoms with Gasteiger partial charge in [0.1, 0.15) is 5.75 Å². The predicted octanol–water partition coefficient (Wildman–Crippen LogP) is 2.23. The van der Waals surface area contributed by atoms with E-state index in [-0.39, 0.29) is 18.5 Å². The van der Waals surface area contributed by atoms with Gasteiger partial charge in [-0.25, -0.2) is 0 Å². The van der Waals surface area contributed by atoms with Crippen molar-refractivity contribution in [3.8, 4) is 11.8 Å². The van der Waals surface area contributed by atoms with Crippen molar-refractivity contribution in [3.05, 3.63) is 29.3 Å². The smallest absolute Gasteiger partial charge is 0.125 e. The van der Waals surface area contributed by atoms with Crippen LogP contribution in [0.15, 0.2) is 18.2 Å². The van der Waals surface area contributed by atoms with Gasteiger partial charge in [0.25, 0.3) is 0 Å². The molecule has 4 heteroatoms. The van der Waals surface area contributed by atoms with Crippen LogP contribution in [0.2, 0.25) is 0 Å². The Hall–Kier alpha value is -1.24. The summed E-state index contributed by atoms with van der Waals surface area (Å²) in [7, 11) is 0. The number of nitrogens with two attached hydrogens (primary N) is 1. The SMILES string of the molecule is CC(C)Oc1cc(C#N)ccc1CN.Cl. The van der Waals surface area contributed by atoms with Crippen molar-refractivity contribution >= 4 is 12.4 Å². The number of hydrogen-bond donors (Lipinski definition) is 1. The second-order valence-electron chi connectivity index (χ2n) is 3.31. The topological polar surface area (TPSA) is 59.0 Å². The Bertz CT molecular complexity index is 358. The second kappa shape index (κ2) is 6.28. The van der Waals surface area contributed by atoms with Crippen molar-refractivity contribution in [1.82, 2.24) is 0 Å². The van der Waals surface area contributed by atoms with Gasteiger partial charge >= 0.3 is 0 Å². The molecule has 0 aromatic heterocycles. The molecular weight excluding hydrogens is 212 g/mol. The Morgan fingerprint density at radius 2 is 2.13 bits per heavy atom. The molecule has 1 aromatic rings. The standard InChI is InChI=1S/C11H14N2O.ClH/c1-8(2)14-11-5-9(6-12)3-4-10(11)7-13;/h3-5,8H,7,13H2,1-2H3;1H. The fourth-order valence-corrected chi connectivity index (χ4v) is 1.16. The molecule has 0 aliphatic heterocycles. The van der Waals surface area contributed by atoms with E-state index in [1.807, 2.05) is 19.9 Å². The van der Waals surface area contributed by atoms with Crippen molar-refractivity contribution in [2.45, 2.75) is 26.5 Å². The summed E-state index contributed by atoms with van der Waals surface area (Å²) in [4.78, 5) is 0. The zero-order valence-electron chi connectivity index (χ0n) is 8.86. The average Bonchev–Trinajstić information content (AvgIpc) is 2.16. The molecule has 0 fully saturated rings. The van der Waals surface area contributed by atoms with Crippen molar-refractivity contribution in [1.29, 1.82) is 5.26 Å². The van der Waals surface area contributed by atoms with Crippen LogP contribution in [0, 0.1) is 11.3 Å². The van der Waals surface area contributed by atoms with Crippen LogP contribution in [0.4, 0.5) is 0 Å². The van der Waals surface area contributed by atoms with E-state index >= 15 is 0 Å². The number of halogens is 1. The predicted molar refractivity (Wildman–Crippen MR) is 62.1 cm³/mol. The maximum Gasteiger partial charge on any atom is 0.125 e. The summed E-state index contributed by atoms with van der Waals surface area (Å²) in [6.07, 6.45) is 0.0919. The highest BCUT2D eigenvalue weighted by atomic mass is 35.5. The first kappa shape index (κ1) is 13.8. The fourth-order valence-electron chi connectivity index (χ4n) is 1.16. The van der Waals surface area contributed by atoms with Crippen LogP contribution in [-0.4, -0.2) is 6.10 Å². The zero-order valence-corrected chi connectivity index (χ0v) is 9.67. The van der Waals surface area contributed by atoms with E-state index in [4.69, 9.17) is 15.7 Å². The van der Waals surface area contributed by atoms with E-state index in [9.17, 15) is 0 Å². The molecule has 3 nitrogen and oxygen atoms in total. The van der Waals surface area contributed by atoms with Gasteiger partial charge in [-0.15, -0.1) is 12.4 Å². The van der Waals surface area contributed by atoms with E-state index in [2.05, 4.69) is 6.07 Å². The van der Waals surface area contributed by atoms with Crippen LogP contribution in [0.3, 0.4) is 0 Å². The Morgan fingerprint density at radius 3 is 2.60 bits per heavy atom. The molecule has 0 amide bonds. The highest BCUT2D eigenvalue weighted by molar-refractivity contribution is 5.85. The van der Waals surface area contributed by atoms with Gasteiger partial charge in [-0.2, -0.15) is 5.26 Å². The van der Waals surface area contributed by atoms with Crippen molar-refractivity contribution in [3.63, 3.8) is 0 Å². The molecule has 0 bridgehead atoms. The fraction of sp³-hybridized carbons (Fsp3) is 0.364. The van der Waals surface area contributed by atoms with E-state index in [1.165, 1.54) is 0 Å². The lowest BCUT2D eigenvalue weighted by atomic mass is 10.1. The molecule has 0 radical (unpaired) electrons. The van der Waals surface area contributed by atoms with Crippen LogP contribution in [0.5, 0.6) is 5.75 Å². The van der Waals surface area contributed by atoms with Gasteiger partial charge < -0.3 is 10.5 Å². The third-order valence-electron chi connectivity index (χ3n) is 1.78. The molecule has 0 atom stereocenters. The molecule has 2 N–H and O–H groups in total. The molecule has 0 aliphatic rings. The largest absolute Gasteiger partial charge is 0.491 e. The van der Waals surface area contributed by atoms with E-state index in [1.54, 1.807) is 12.1 Å². The van der Waals surface area contributed by atoms with Gasteiger partial charge in [0.2, 0.25) is 0 Å². The molecule has 0 spiro atoms. The Morgan fingerprint density at radius 1 is 1.47 bits per heavy atom. The molecule has 0 saturated carbocycles. The molecule has 0 saturated heterocycles. The Balaban J connectivity index is 0.00000196. The first-order chi connectivity index (χ1) is 6.67. The molecule has 0 aliphatic carbocycles. The Labute approximate surface area is 96.3 Å². The summed E-state index contributed by atoms with van der Waals surface area (Å²) in [5, 5.41) is 8.72. The minimum absolute atomic E-state index is 0. The van der Waals surface area contributed by atoms with Crippen molar-refractivity contribution in [2.75, 3.05) is 0 Å². The van der Waals surface area contributed by atoms with Crippen LogP contribution >= 0.6 is 12.4 Å². The van der Waals surface area contributed by atoms with Crippen molar-refractivity contribution in [2.24, 2.45) is 5.73 Å². The number of hydrogen-bond acceptors (Lipinski definition) is 3. The molecule has 0 heterocycles. The molecule has 1 aromatic carbocycles. The van der Waals surface area contributed by atoms with Crippen LogP contribution in [0.25, 0.3) is 0 Å². The summed E-state index contributed by atoms with van der Waals surface area (Å²) in [6, 6.07) is 7.37. The highest BCUT2D eigenvalue weighted by Crippen LogP contribution is 2.20. The van der Waals surface area contributed by atoms with Crippen LogP contribution in [-0.2, 0) is 6.54 Å². The highest BCUT2D eigenvalue weighted by Gasteiger charge is 2.05. The summed E-state index contributed by atoms with van der Waals surface area (Å²) < 4.78 is 5.55. The molecule has 15 heavy (non-hydrogen) atoms. The summed E-state index contributed by atoms with van der Waals surface area (Å²) in [6.45, 7) is 4.31. The molecule has 0 unspecified atom stereocenters. The summed E-state index contributed by atoms with van der Waals surface area (Å²) in [5.41, 5.74) is 7.08. The molecule has 1 rings (SSSR count). The van der Waals surface area contributed by atoms with Gasteiger partial charge in [0, 0.05) is 12.1 Å². The zero-order chi connectivity index (χ0) is 10.6. The van der Waals surface area contributed by atoms with Gasteiger partial charge in [-0.1, -0.05) is 6.07 Å². The third kappa shape index (κ3) is 3.78. The lowest BCUT2D eigenvalue weighted by Gasteiger charge is -2.13. The normalized spacial score (nSPS) is 9.27. The minimum atomic E-state index is 0. The summed E-state index contributed by atoms with van der Waals surface area (Å²) >= 11 is 0. The lowest BCUT2D eigenvalue weighted by Crippen LogP contribution is -2.09. The van der Waals surface area contributed by atoms with Crippen LogP contribution < -0.4 is 10.5 Å². The maximum atomic E-state index is 8.72. The third-order valence-corrected chi connectivity index (χ3v) is 1.78. The monoisotopic (exact) mass is 226 g/mol. The number of nitriles is 1. The lowest BCUT2D eigenvalue weighted by molar-refractivity contribution is 0.240. The average molecular weight is 227 g/mol. The number of ether oxygens (including phenoxy) is 1. The van der Waals surface area contributed by atoms with E-state index in [0.29, 0.717) is 17.9 Å². The van der Waals surface area contributed by atoms with Crippen LogP contribution in [0.1, 0.15) is 25.0 Å². The van der Waals surface area contributed by atoms with Gasteiger partial charge in [0.15, 0.2) is 0 Å². The summed E-state index contributed by atoms with van der Waals surface area (Å²) in [5.74, 6) is 0.710. The molecular formula is C11H15ClN2O. The van der Waals surface area contributed by atoms with Gasteiger partial charge in [-0.3, -0.25) is 0 Å². The Kier molecular flexibility index (Phi) is 5.76. The second-order valence-corrected chi connectivity index (χ2v) is 3.31. The number of rotatable bonds is 3. The van der Waals surface area contributed by atoms with Crippen molar-refractivity contribution < 1.29 is 4.74 Å². The van der Waals surface area contributed by atoms with E-state index < -0.39 is 0 Å². The van der Waals surface area contributed by atoms with Gasteiger partial charge in [0.05, 0.1) is 17.7 Å². The first-order valence-electron chi connectivity index (χ1n) is 4.57. The number of nitrogens with zero attached hydrogens (tertiary/aromatic N) is 1. The van der Waals surface area contributed by atoms with E-state index in [0.717, 1.165) is 5.56 Å². The first-order valence-corrected chi connectivity index (χ1v) is 4.57. The quantitative estimate of drug-likeness (QED) is 0.860. The van der Waals surface area contributed by atoms with Gasteiger partial charge in [-0.05, 0) is 26.0 Å². The minimum Gasteiger partial charge on any atom is -0.491 e. The number of benzene rings is 1. The maximum absolute atomic E-state index is 8.72. The molecule has 82 valence electrons.